The van der Waals surface area contributed by atoms with Crippen molar-refractivity contribution < 1.29 is 19.7 Å². The van der Waals surface area contributed by atoms with E-state index in [1.54, 1.807) is 6.92 Å². The maximum Gasteiger partial charge on any atom is 0.302 e. The average Bonchev–Trinajstić information content (AvgIpc) is 3.21. The molecular weight excluding hydrogens is 448 g/mol. The maximum atomic E-state index is 11.9. The van der Waals surface area contributed by atoms with Crippen molar-refractivity contribution in [2.75, 3.05) is 13.2 Å². The Bertz CT molecular complexity index is 914. The largest absolute Gasteiger partial charge is 0.465 e. The molecular formula is C32H52O4. The van der Waals surface area contributed by atoms with Crippen LogP contribution in [-0.2, 0) is 9.53 Å². The molecule has 0 saturated heterocycles. The van der Waals surface area contributed by atoms with E-state index < -0.39 is 11.5 Å². The minimum Gasteiger partial charge on any atom is -0.465 e. The second kappa shape index (κ2) is 8.57. The number of esters is 1. The molecule has 0 radical (unpaired) electrons. The molecule has 4 heteroatoms. The lowest BCUT2D eigenvalue weighted by Gasteiger charge is -2.73. The van der Waals surface area contributed by atoms with Gasteiger partial charge in [0.15, 0.2) is 0 Å². The average molecular weight is 501 g/mol. The molecule has 0 spiro atoms. The molecule has 5 fully saturated rings. The van der Waals surface area contributed by atoms with Gasteiger partial charge in [-0.15, -0.1) is 0 Å². The highest BCUT2D eigenvalue weighted by atomic mass is 16.5. The lowest BCUT2D eigenvalue weighted by atomic mass is 9.32. The third-order valence-electron chi connectivity index (χ3n) is 13.9. The molecule has 0 aromatic heterocycles. The van der Waals surface area contributed by atoms with Gasteiger partial charge in [0, 0.05) is 17.8 Å². The number of hydrogen-bond donors (Lipinski definition) is 2. The monoisotopic (exact) mass is 500 g/mol. The summed E-state index contributed by atoms with van der Waals surface area (Å²) in [6, 6.07) is 0. The van der Waals surface area contributed by atoms with Gasteiger partial charge < -0.3 is 14.9 Å². The van der Waals surface area contributed by atoms with E-state index in [1.165, 1.54) is 37.7 Å². The van der Waals surface area contributed by atoms with Gasteiger partial charge in [-0.05, 0) is 117 Å². The van der Waals surface area contributed by atoms with Crippen LogP contribution < -0.4 is 0 Å². The predicted molar refractivity (Wildman–Crippen MR) is 143 cm³/mol. The lowest BCUT2D eigenvalue weighted by molar-refractivity contribution is -0.255. The molecule has 5 unspecified atom stereocenters. The molecule has 0 aromatic rings. The van der Waals surface area contributed by atoms with E-state index in [4.69, 9.17) is 4.74 Å². The van der Waals surface area contributed by atoms with Gasteiger partial charge in [0.1, 0.15) is 0 Å². The van der Waals surface area contributed by atoms with Crippen LogP contribution in [0.5, 0.6) is 0 Å². The van der Waals surface area contributed by atoms with Gasteiger partial charge >= 0.3 is 5.97 Å². The third kappa shape index (κ3) is 3.34. The fourth-order valence-corrected chi connectivity index (χ4v) is 11.8. The van der Waals surface area contributed by atoms with E-state index in [0.717, 1.165) is 32.1 Å². The topological polar surface area (TPSA) is 66.8 Å². The van der Waals surface area contributed by atoms with E-state index in [0.29, 0.717) is 36.2 Å². The van der Waals surface area contributed by atoms with Crippen LogP contribution in [-0.4, -0.2) is 35.5 Å². The zero-order valence-electron chi connectivity index (χ0n) is 23.9. The maximum absolute atomic E-state index is 11.9. The first-order valence-corrected chi connectivity index (χ1v) is 14.9. The Hall–Kier alpha value is -0.870. The summed E-state index contributed by atoms with van der Waals surface area (Å²) in [6.07, 6.45) is 11.0. The van der Waals surface area contributed by atoms with E-state index in [2.05, 4.69) is 41.2 Å². The fraction of sp³-hybridized carbons (Fsp3) is 0.906. The van der Waals surface area contributed by atoms with E-state index in [1.807, 2.05) is 0 Å². The van der Waals surface area contributed by atoms with Gasteiger partial charge in [-0.1, -0.05) is 39.8 Å². The predicted octanol–water partition coefficient (Wildman–Crippen LogP) is 6.54. The Kier molecular flexibility index (Phi) is 6.36. The van der Waals surface area contributed by atoms with Gasteiger partial charge in [-0.3, -0.25) is 4.79 Å². The Balaban J connectivity index is 1.53. The molecule has 0 heterocycles. The summed E-state index contributed by atoms with van der Waals surface area (Å²) >= 11 is 0. The molecule has 5 aliphatic carbocycles. The first-order chi connectivity index (χ1) is 16.8. The first kappa shape index (κ1) is 26.7. The zero-order valence-corrected chi connectivity index (χ0v) is 23.9. The minimum atomic E-state index is -0.400. The summed E-state index contributed by atoms with van der Waals surface area (Å²) in [7, 11) is 0. The van der Waals surface area contributed by atoms with Crippen LogP contribution >= 0.6 is 0 Å². The van der Waals surface area contributed by atoms with Crippen molar-refractivity contribution >= 4 is 5.97 Å². The molecule has 0 aliphatic heterocycles. The van der Waals surface area contributed by atoms with Crippen molar-refractivity contribution in [2.24, 2.45) is 56.7 Å². The zero-order chi connectivity index (χ0) is 26.3. The Morgan fingerprint density at radius 2 is 1.61 bits per heavy atom. The molecule has 5 aliphatic rings. The van der Waals surface area contributed by atoms with Gasteiger partial charge in [-0.2, -0.15) is 0 Å². The van der Waals surface area contributed by atoms with Gasteiger partial charge in [0.05, 0.1) is 19.3 Å². The lowest BCUT2D eigenvalue weighted by Crippen LogP contribution is -2.67. The molecule has 5 rings (SSSR count). The summed E-state index contributed by atoms with van der Waals surface area (Å²) in [4.78, 5) is 11.9. The molecule has 4 nitrogen and oxygen atoms in total. The number of allylic oxidation sites excluding steroid dienone is 1. The van der Waals surface area contributed by atoms with Crippen molar-refractivity contribution in [3.8, 4) is 0 Å². The second-order valence-electron chi connectivity index (χ2n) is 15.0. The number of fused-ring (bicyclic) bond motifs is 7. The highest BCUT2D eigenvalue weighted by Gasteiger charge is 2.71. The quantitative estimate of drug-likeness (QED) is 0.340. The van der Waals surface area contributed by atoms with Crippen LogP contribution in [0.25, 0.3) is 0 Å². The molecule has 0 bridgehead atoms. The Labute approximate surface area is 219 Å². The third-order valence-corrected chi connectivity index (χ3v) is 13.9. The van der Waals surface area contributed by atoms with Crippen molar-refractivity contribution in [1.29, 1.82) is 0 Å². The van der Waals surface area contributed by atoms with Crippen LogP contribution in [0.1, 0.15) is 106 Å². The Morgan fingerprint density at radius 3 is 2.25 bits per heavy atom. The van der Waals surface area contributed by atoms with Gasteiger partial charge in [0.2, 0.25) is 0 Å². The van der Waals surface area contributed by atoms with Crippen molar-refractivity contribution in [1.82, 2.24) is 0 Å². The second-order valence-corrected chi connectivity index (χ2v) is 15.0. The summed E-state index contributed by atoms with van der Waals surface area (Å²) < 4.78 is 5.77. The SMILES string of the molecule is C=C(C)C1CC[C@]2(COC(C)=O)CC[C@]3(C)C(CCC4[C@@]5(C)CC[C@H](O)[C@@](C)(CO)C5CC[C@]43C)C12. The van der Waals surface area contributed by atoms with Crippen LogP contribution in [0.2, 0.25) is 0 Å². The van der Waals surface area contributed by atoms with Crippen molar-refractivity contribution in [2.45, 2.75) is 112 Å². The number of aliphatic hydroxyl groups excluding tert-OH is 2. The van der Waals surface area contributed by atoms with Crippen molar-refractivity contribution in [3.63, 3.8) is 0 Å². The van der Waals surface area contributed by atoms with E-state index in [-0.39, 0.29) is 34.2 Å². The standard InChI is InChI=1S/C32H52O4/c1-20(2)22-10-15-32(19-36-21(3)34)17-16-30(6)23(27(22)32)8-9-25-28(4)13-12-26(35)29(5,18-33)24(28)11-14-31(25,30)7/h22-27,33,35H,1,8-19H2,2-7H3/t22?,23?,24?,25?,26-,27?,28-,29-,30+,31+,32+/m0/s1. The summed E-state index contributed by atoms with van der Waals surface area (Å²) in [5, 5.41) is 21.4. The molecule has 5 saturated carbocycles. The fourth-order valence-electron chi connectivity index (χ4n) is 11.8. The molecule has 2 N–H and O–H groups in total. The van der Waals surface area contributed by atoms with E-state index in [9.17, 15) is 15.0 Å². The van der Waals surface area contributed by atoms with Crippen molar-refractivity contribution in [3.05, 3.63) is 12.2 Å². The van der Waals surface area contributed by atoms with Gasteiger partial charge in [-0.25, -0.2) is 0 Å². The smallest absolute Gasteiger partial charge is 0.302 e. The van der Waals surface area contributed by atoms with Gasteiger partial charge in [0.25, 0.3) is 0 Å². The van der Waals surface area contributed by atoms with Crippen LogP contribution in [0.15, 0.2) is 12.2 Å². The summed E-state index contributed by atoms with van der Waals surface area (Å²) in [5.41, 5.74) is 1.68. The Morgan fingerprint density at radius 1 is 0.889 bits per heavy atom. The van der Waals surface area contributed by atoms with Crippen LogP contribution in [0.3, 0.4) is 0 Å². The minimum absolute atomic E-state index is 0.0821. The van der Waals surface area contributed by atoms with Crippen LogP contribution in [0, 0.1) is 56.7 Å². The number of carbonyl (C=O) groups excluding carboxylic acids is 1. The molecule has 0 amide bonds. The highest BCUT2D eigenvalue weighted by molar-refractivity contribution is 5.65. The highest BCUT2D eigenvalue weighted by Crippen LogP contribution is 2.77. The number of hydrogen-bond acceptors (Lipinski definition) is 4. The molecule has 36 heavy (non-hydrogen) atoms. The normalized spacial score (nSPS) is 54.0. The van der Waals surface area contributed by atoms with E-state index >= 15 is 0 Å². The number of ether oxygens (including phenoxy) is 1. The first-order valence-electron chi connectivity index (χ1n) is 14.9. The van der Waals surface area contributed by atoms with Crippen LogP contribution in [0.4, 0.5) is 0 Å². The number of rotatable bonds is 4. The molecule has 0 aromatic carbocycles. The molecule has 204 valence electrons. The molecule has 11 atom stereocenters. The summed E-state index contributed by atoms with van der Waals surface area (Å²) in [5.74, 6) is 2.55. The number of aliphatic hydroxyl groups is 2. The summed E-state index contributed by atoms with van der Waals surface area (Å²) in [6.45, 7) is 18.8. The number of carbonyl (C=O) groups is 1.